The molecule has 6 heteroatoms. The third-order valence-electron chi connectivity index (χ3n) is 5.53. The molecule has 0 heterocycles. The van der Waals surface area contributed by atoms with Crippen molar-refractivity contribution in [3.63, 3.8) is 0 Å². The molecule has 0 unspecified atom stereocenters. The van der Waals surface area contributed by atoms with Gasteiger partial charge in [-0.15, -0.1) is 0 Å². The average Bonchev–Trinajstić information content (AvgIpc) is 3.58. The molecule has 28 heavy (non-hydrogen) atoms. The zero-order valence-corrected chi connectivity index (χ0v) is 16.9. The average molecular weight is 399 g/mol. The van der Waals surface area contributed by atoms with Crippen LogP contribution in [-0.2, 0) is 14.8 Å². The highest BCUT2D eigenvalue weighted by Gasteiger charge is 2.42. The van der Waals surface area contributed by atoms with Crippen LogP contribution in [0.15, 0.2) is 59.5 Å². The first kappa shape index (κ1) is 19.0. The molecule has 0 radical (unpaired) electrons. The van der Waals surface area contributed by atoms with Gasteiger partial charge in [-0.2, -0.15) is 0 Å². The Hall–Kier alpha value is -2.34. The van der Waals surface area contributed by atoms with Crippen LogP contribution < -0.4 is 9.62 Å². The Labute approximate surface area is 166 Å². The normalized spacial score (nSPS) is 16.8. The summed E-state index contributed by atoms with van der Waals surface area (Å²) in [5.41, 5.74) is 1.48. The number of sulfonamides is 1. The van der Waals surface area contributed by atoms with E-state index in [2.05, 4.69) is 5.32 Å². The van der Waals surface area contributed by atoms with Crippen molar-refractivity contribution in [3.8, 4) is 0 Å². The number of para-hydroxylation sites is 1. The number of hydrogen-bond donors (Lipinski definition) is 1. The summed E-state index contributed by atoms with van der Waals surface area (Å²) in [6.45, 7) is 1.70. The molecule has 0 saturated heterocycles. The van der Waals surface area contributed by atoms with E-state index < -0.39 is 10.0 Å². The van der Waals surface area contributed by atoms with Gasteiger partial charge in [0.25, 0.3) is 10.0 Å². The van der Waals surface area contributed by atoms with Gasteiger partial charge in [-0.1, -0.05) is 35.9 Å². The minimum Gasteiger partial charge on any atom is -0.351 e. The fourth-order valence-corrected chi connectivity index (χ4v) is 5.06. The van der Waals surface area contributed by atoms with Gasteiger partial charge in [-0.05, 0) is 68.7 Å². The van der Waals surface area contributed by atoms with Crippen molar-refractivity contribution in [2.24, 2.45) is 11.8 Å². The van der Waals surface area contributed by atoms with Gasteiger partial charge in [0.2, 0.25) is 5.91 Å². The molecule has 0 bridgehead atoms. The first-order valence-corrected chi connectivity index (χ1v) is 11.3. The van der Waals surface area contributed by atoms with Crippen LogP contribution in [0.3, 0.4) is 0 Å². The molecule has 2 aliphatic rings. The van der Waals surface area contributed by atoms with Crippen molar-refractivity contribution in [3.05, 3.63) is 60.2 Å². The molecule has 5 nitrogen and oxygen atoms in total. The van der Waals surface area contributed by atoms with Crippen molar-refractivity contribution in [1.29, 1.82) is 0 Å². The fraction of sp³-hybridized carbons (Fsp3) is 0.409. The van der Waals surface area contributed by atoms with Crippen LogP contribution in [0.2, 0.25) is 0 Å². The third kappa shape index (κ3) is 4.22. The predicted molar refractivity (Wildman–Crippen MR) is 110 cm³/mol. The maximum absolute atomic E-state index is 13.3. The van der Waals surface area contributed by atoms with E-state index in [0.717, 1.165) is 31.2 Å². The topological polar surface area (TPSA) is 66.5 Å². The number of aryl methyl sites for hydroxylation is 1. The molecule has 2 aromatic rings. The van der Waals surface area contributed by atoms with E-state index in [4.69, 9.17) is 0 Å². The lowest BCUT2D eigenvalue weighted by Gasteiger charge is -2.26. The van der Waals surface area contributed by atoms with Crippen LogP contribution >= 0.6 is 0 Å². The third-order valence-corrected chi connectivity index (χ3v) is 7.32. The maximum atomic E-state index is 13.3. The molecule has 1 amide bonds. The number of carbonyl (C=O) groups excluding carboxylic acids is 1. The number of benzene rings is 2. The predicted octanol–water partition coefficient (Wildman–Crippen LogP) is 3.50. The van der Waals surface area contributed by atoms with E-state index in [1.165, 1.54) is 4.31 Å². The van der Waals surface area contributed by atoms with Crippen LogP contribution in [0.5, 0.6) is 0 Å². The van der Waals surface area contributed by atoms with Crippen molar-refractivity contribution in [1.82, 2.24) is 5.32 Å². The molecular weight excluding hydrogens is 372 g/mol. The van der Waals surface area contributed by atoms with Crippen molar-refractivity contribution in [2.75, 3.05) is 10.8 Å². The smallest absolute Gasteiger partial charge is 0.264 e. The number of amides is 1. The molecule has 4 rings (SSSR count). The van der Waals surface area contributed by atoms with Crippen LogP contribution in [0.25, 0.3) is 0 Å². The number of nitrogens with zero attached hydrogens (tertiary/aromatic N) is 1. The first-order valence-electron chi connectivity index (χ1n) is 9.89. The van der Waals surface area contributed by atoms with Crippen molar-refractivity contribution >= 4 is 21.6 Å². The monoisotopic (exact) mass is 398 g/mol. The molecule has 2 saturated carbocycles. The standard InChI is InChI=1S/C22H26N2O3S/c1-16-7-13-20(14-8-16)28(26,27)24(19-5-3-2-4-6-19)15-21(25)23-22(17-9-10-17)18-11-12-18/h2-8,13-14,17-18,22H,9-12,15H2,1H3,(H,23,25). The molecule has 2 aromatic carbocycles. The molecule has 0 aromatic heterocycles. The quantitative estimate of drug-likeness (QED) is 0.740. The number of rotatable bonds is 8. The number of carbonyl (C=O) groups is 1. The van der Waals surface area contributed by atoms with Crippen LogP contribution in [0.4, 0.5) is 5.69 Å². The molecular formula is C22H26N2O3S. The summed E-state index contributed by atoms with van der Waals surface area (Å²) in [6.07, 6.45) is 4.63. The highest BCUT2D eigenvalue weighted by atomic mass is 32.2. The lowest BCUT2D eigenvalue weighted by molar-refractivity contribution is -0.120. The van der Waals surface area contributed by atoms with Gasteiger partial charge in [-0.25, -0.2) is 8.42 Å². The van der Waals surface area contributed by atoms with Crippen molar-refractivity contribution in [2.45, 2.75) is 43.5 Å². The minimum atomic E-state index is -3.84. The van der Waals surface area contributed by atoms with E-state index >= 15 is 0 Å². The number of nitrogens with one attached hydrogen (secondary N) is 1. The lowest BCUT2D eigenvalue weighted by Crippen LogP contribution is -2.45. The zero-order valence-electron chi connectivity index (χ0n) is 16.0. The van der Waals surface area contributed by atoms with Gasteiger partial charge in [0.15, 0.2) is 0 Å². The summed E-state index contributed by atoms with van der Waals surface area (Å²) >= 11 is 0. The SMILES string of the molecule is Cc1ccc(S(=O)(=O)N(CC(=O)NC(C2CC2)C2CC2)c2ccccc2)cc1. The summed E-state index contributed by atoms with van der Waals surface area (Å²) in [4.78, 5) is 13.0. The summed E-state index contributed by atoms with van der Waals surface area (Å²) in [5.74, 6) is 0.897. The van der Waals surface area contributed by atoms with E-state index in [1.54, 1.807) is 48.5 Å². The van der Waals surface area contributed by atoms with Gasteiger partial charge in [0, 0.05) is 6.04 Å². The Balaban J connectivity index is 1.58. The van der Waals surface area contributed by atoms with Crippen LogP contribution in [-0.4, -0.2) is 26.9 Å². The number of anilines is 1. The molecule has 1 N–H and O–H groups in total. The summed E-state index contributed by atoms with van der Waals surface area (Å²) in [5, 5.41) is 3.13. The lowest BCUT2D eigenvalue weighted by atomic mass is 10.1. The van der Waals surface area contributed by atoms with Crippen molar-refractivity contribution < 1.29 is 13.2 Å². The van der Waals surface area contributed by atoms with Gasteiger partial charge in [0.05, 0.1) is 10.6 Å². The zero-order chi connectivity index (χ0) is 19.7. The molecule has 0 spiro atoms. The second kappa shape index (κ2) is 7.59. The highest BCUT2D eigenvalue weighted by Crippen LogP contribution is 2.44. The Morgan fingerprint density at radius 2 is 1.57 bits per heavy atom. The Morgan fingerprint density at radius 1 is 1.00 bits per heavy atom. The van der Waals surface area contributed by atoms with E-state index in [1.807, 2.05) is 13.0 Å². The summed E-state index contributed by atoms with van der Waals surface area (Å²) in [6, 6.07) is 15.8. The second-order valence-electron chi connectivity index (χ2n) is 7.93. The Kier molecular flexibility index (Phi) is 5.15. The Bertz CT molecular complexity index is 922. The summed E-state index contributed by atoms with van der Waals surface area (Å²) < 4.78 is 27.8. The molecule has 148 valence electrons. The molecule has 2 aliphatic carbocycles. The first-order chi connectivity index (χ1) is 13.4. The van der Waals surface area contributed by atoms with Gasteiger partial charge >= 0.3 is 0 Å². The highest BCUT2D eigenvalue weighted by molar-refractivity contribution is 7.92. The minimum absolute atomic E-state index is 0.190. The van der Waals surface area contributed by atoms with E-state index in [0.29, 0.717) is 17.5 Å². The Morgan fingerprint density at radius 3 is 2.11 bits per heavy atom. The maximum Gasteiger partial charge on any atom is 0.264 e. The van der Waals surface area contributed by atoms with Gasteiger partial charge < -0.3 is 5.32 Å². The number of hydrogen-bond acceptors (Lipinski definition) is 3. The largest absolute Gasteiger partial charge is 0.351 e. The van der Waals surface area contributed by atoms with Gasteiger partial charge in [0.1, 0.15) is 6.54 Å². The second-order valence-corrected chi connectivity index (χ2v) is 9.79. The van der Waals surface area contributed by atoms with E-state index in [-0.39, 0.29) is 23.4 Å². The molecule has 0 aliphatic heterocycles. The fourth-order valence-electron chi connectivity index (χ4n) is 3.64. The van der Waals surface area contributed by atoms with Gasteiger partial charge in [-0.3, -0.25) is 9.10 Å². The van der Waals surface area contributed by atoms with E-state index in [9.17, 15) is 13.2 Å². The van der Waals surface area contributed by atoms with Crippen LogP contribution in [0.1, 0.15) is 31.2 Å². The molecule has 0 atom stereocenters. The molecule has 2 fully saturated rings. The van der Waals surface area contributed by atoms with Crippen LogP contribution in [0, 0.1) is 18.8 Å². The summed E-state index contributed by atoms with van der Waals surface area (Å²) in [7, 11) is -3.84.